The second kappa shape index (κ2) is 11.7. The summed E-state index contributed by atoms with van der Waals surface area (Å²) in [7, 11) is -2.35. The Morgan fingerprint density at radius 3 is 2.50 bits per heavy atom. The number of thiazole rings is 1. The number of sulfonamides is 1. The summed E-state index contributed by atoms with van der Waals surface area (Å²) in [6.45, 7) is 4.66. The number of ether oxygens (including phenoxy) is 2. The Bertz CT molecular complexity index is 1650. The van der Waals surface area contributed by atoms with Crippen molar-refractivity contribution in [1.82, 2.24) is 4.57 Å². The molecule has 4 aromatic rings. The molecule has 0 spiro atoms. The number of fused-ring (bicyclic) bond motifs is 1. The quantitative estimate of drug-likeness (QED) is 0.308. The summed E-state index contributed by atoms with van der Waals surface area (Å²) in [6, 6.07) is 17.9. The summed E-state index contributed by atoms with van der Waals surface area (Å²) in [5.74, 6) is -1.05. The lowest BCUT2D eigenvalue weighted by Gasteiger charge is -2.11. The van der Waals surface area contributed by atoms with Crippen molar-refractivity contribution in [3.8, 4) is 0 Å². The van der Waals surface area contributed by atoms with Crippen LogP contribution in [0, 0.1) is 6.92 Å². The number of hydrogen-bond acceptors (Lipinski definition) is 7. The Morgan fingerprint density at radius 1 is 1.05 bits per heavy atom. The predicted molar refractivity (Wildman–Crippen MR) is 146 cm³/mol. The Hall–Kier alpha value is -3.80. The number of benzene rings is 3. The Balaban J connectivity index is 1.74. The molecule has 38 heavy (non-hydrogen) atoms. The summed E-state index contributed by atoms with van der Waals surface area (Å²) >= 11 is 1.24. The lowest BCUT2D eigenvalue weighted by Crippen LogP contribution is -2.20. The fourth-order valence-corrected chi connectivity index (χ4v) is 5.90. The van der Waals surface area contributed by atoms with Crippen molar-refractivity contribution in [3.63, 3.8) is 0 Å². The maximum Gasteiger partial charge on any atom is 0.338 e. The van der Waals surface area contributed by atoms with Gasteiger partial charge in [0.05, 0.1) is 45.1 Å². The van der Waals surface area contributed by atoms with Crippen molar-refractivity contribution >= 4 is 49.1 Å². The van der Waals surface area contributed by atoms with E-state index in [1.54, 1.807) is 56.5 Å². The van der Waals surface area contributed by atoms with Gasteiger partial charge in [0.15, 0.2) is 4.80 Å². The van der Waals surface area contributed by atoms with E-state index in [-0.39, 0.29) is 22.8 Å². The van der Waals surface area contributed by atoms with Gasteiger partial charge in [0, 0.05) is 13.7 Å². The molecular formula is C27H27N3O6S2. The number of hydrogen-bond donors (Lipinski definition) is 1. The van der Waals surface area contributed by atoms with Gasteiger partial charge in [0.25, 0.3) is 15.9 Å². The number of carbonyl (C=O) groups excluding carboxylic acids is 2. The third-order valence-corrected chi connectivity index (χ3v) is 8.07. The maximum absolute atomic E-state index is 13.4. The smallest absolute Gasteiger partial charge is 0.338 e. The normalized spacial score (nSPS) is 12.0. The highest BCUT2D eigenvalue weighted by Gasteiger charge is 2.19. The minimum Gasteiger partial charge on any atom is -0.462 e. The number of amides is 1. The van der Waals surface area contributed by atoms with Gasteiger partial charge in [0.1, 0.15) is 0 Å². The number of nitrogens with zero attached hydrogens (tertiary/aromatic N) is 2. The fraction of sp³-hybridized carbons (Fsp3) is 0.222. The average molecular weight is 554 g/mol. The first-order valence-corrected chi connectivity index (χ1v) is 14.1. The van der Waals surface area contributed by atoms with Crippen LogP contribution in [0.1, 0.15) is 33.2 Å². The molecule has 0 fully saturated rings. The van der Waals surface area contributed by atoms with Crippen LogP contribution >= 0.6 is 11.3 Å². The van der Waals surface area contributed by atoms with E-state index in [1.165, 1.54) is 35.6 Å². The van der Waals surface area contributed by atoms with Crippen LogP contribution in [0.25, 0.3) is 10.2 Å². The van der Waals surface area contributed by atoms with Gasteiger partial charge < -0.3 is 14.0 Å². The number of nitrogens with one attached hydrogen (secondary N) is 1. The van der Waals surface area contributed by atoms with Gasteiger partial charge in [0.2, 0.25) is 0 Å². The van der Waals surface area contributed by atoms with Crippen LogP contribution in [0.15, 0.2) is 76.6 Å². The number of aromatic nitrogens is 1. The standard InChI is InChI=1S/C27H27N3O6S2/c1-4-36-26(32)19-11-14-23-24(17-19)37-27(30(23)15-16-35-3)28-25(31)21-7-5-6-8-22(21)29-38(33,34)20-12-9-18(2)10-13-20/h5-14,17,29H,4,15-16H2,1-3H3. The molecule has 198 valence electrons. The van der Waals surface area contributed by atoms with Crippen LogP contribution in [0.4, 0.5) is 5.69 Å². The number of para-hydroxylation sites is 1. The van der Waals surface area contributed by atoms with Crippen LogP contribution in [-0.2, 0) is 26.0 Å². The Morgan fingerprint density at radius 2 is 1.79 bits per heavy atom. The minimum absolute atomic E-state index is 0.0848. The summed E-state index contributed by atoms with van der Waals surface area (Å²) in [6.07, 6.45) is 0. The van der Waals surface area contributed by atoms with Crippen molar-refractivity contribution in [2.45, 2.75) is 25.3 Å². The number of methoxy groups -OCH3 is 1. The Labute approximate surface area is 224 Å². The highest BCUT2D eigenvalue weighted by Crippen LogP contribution is 2.23. The van der Waals surface area contributed by atoms with Gasteiger partial charge in [-0.15, -0.1) is 0 Å². The monoisotopic (exact) mass is 553 g/mol. The van der Waals surface area contributed by atoms with Crippen molar-refractivity contribution < 1.29 is 27.5 Å². The summed E-state index contributed by atoms with van der Waals surface area (Å²) in [5, 5.41) is 0. The average Bonchev–Trinajstić information content (AvgIpc) is 3.23. The molecule has 4 rings (SSSR count). The van der Waals surface area contributed by atoms with Crippen molar-refractivity contribution in [3.05, 3.63) is 88.2 Å². The van der Waals surface area contributed by atoms with Crippen molar-refractivity contribution in [2.24, 2.45) is 4.99 Å². The van der Waals surface area contributed by atoms with Crippen LogP contribution in [0.5, 0.6) is 0 Å². The molecule has 1 aromatic heterocycles. The van der Waals surface area contributed by atoms with Crippen LogP contribution in [-0.4, -0.2) is 45.2 Å². The summed E-state index contributed by atoms with van der Waals surface area (Å²) < 4.78 is 41.3. The second-order valence-corrected chi connectivity index (χ2v) is 11.0. The van der Waals surface area contributed by atoms with E-state index in [4.69, 9.17) is 9.47 Å². The zero-order valence-corrected chi connectivity index (χ0v) is 22.8. The highest BCUT2D eigenvalue weighted by molar-refractivity contribution is 7.92. The molecule has 1 N–H and O–H groups in total. The first-order chi connectivity index (χ1) is 18.2. The van der Waals surface area contributed by atoms with Crippen LogP contribution in [0.2, 0.25) is 0 Å². The minimum atomic E-state index is -3.92. The number of rotatable bonds is 9. The van der Waals surface area contributed by atoms with Crippen LogP contribution in [0.3, 0.4) is 0 Å². The van der Waals surface area contributed by atoms with Gasteiger partial charge >= 0.3 is 5.97 Å². The van der Waals surface area contributed by atoms with Gasteiger partial charge in [-0.25, -0.2) is 13.2 Å². The summed E-state index contributed by atoms with van der Waals surface area (Å²) in [4.78, 5) is 30.4. The van der Waals surface area contributed by atoms with Gasteiger partial charge in [-0.05, 0) is 56.3 Å². The van der Waals surface area contributed by atoms with E-state index in [1.807, 2.05) is 11.5 Å². The van der Waals surface area contributed by atoms with Gasteiger partial charge in [-0.2, -0.15) is 4.99 Å². The molecular weight excluding hydrogens is 526 g/mol. The van der Waals surface area contributed by atoms with E-state index < -0.39 is 21.9 Å². The first kappa shape index (κ1) is 27.2. The zero-order chi connectivity index (χ0) is 27.3. The largest absolute Gasteiger partial charge is 0.462 e. The third-order valence-electron chi connectivity index (χ3n) is 5.64. The maximum atomic E-state index is 13.4. The van der Waals surface area contributed by atoms with E-state index in [0.717, 1.165) is 15.8 Å². The lowest BCUT2D eigenvalue weighted by molar-refractivity contribution is 0.0526. The second-order valence-electron chi connectivity index (χ2n) is 8.31. The Kier molecular flexibility index (Phi) is 8.40. The number of aryl methyl sites for hydroxylation is 1. The topological polar surface area (TPSA) is 116 Å². The van der Waals surface area contributed by atoms with Crippen molar-refractivity contribution in [2.75, 3.05) is 25.0 Å². The van der Waals surface area contributed by atoms with E-state index in [0.29, 0.717) is 23.5 Å². The molecule has 0 radical (unpaired) electrons. The molecule has 0 aliphatic heterocycles. The predicted octanol–water partition coefficient (Wildman–Crippen LogP) is 4.38. The van der Waals surface area contributed by atoms with Gasteiger partial charge in [-0.1, -0.05) is 41.2 Å². The van der Waals surface area contributed by atoms with Gasteiger partial charge in [-0.3, -0.25) is 9.52 Å². The molecule has 0 saturated carbocycles. The SMILES string of the molecule is CCOC(=O)c1ccc2c(c1)sc(=NC(=O)c1ccccc1NS(=O)(=O)c1ccc(C)cc1)n2CCOC. The van der Waals surface area contributed by atoms with E-state index in [9.17, 15) is 18.0 Å². The van der Waals surface area contributed by atoms with E-state index >= 15 is 0 Å². The van der Waals surface area contributed by atoms with E-state index in [2.05, 4.69) is 9.71 Å². The molecule has 0 unspecified atom stereocenters. The molecule has 0 aliphatic rings. The third kappa shape index (κ3) is 6.01. The molecule has 0 aliphatic carbocycles. The molecule has 0 saturated heterocycles. The summed E-state index contributed by atoms with van der Waals surface area (Å²) in [5.41, 5.74) is 2.33. The molecule has 0 atom stereocenters. The first-order valence-electron chi connectivity index (χ1n) is 11.8. The lowest BCUT2D eigenvalue weighted by atomic mass is 10.2. The molecule has 0 bridgehead atoms. The number of anilines is 1. The molecule has 1 amide bonds. The van der Waals surface area contributed by atoms with Crippen LogP contribution < -0.4 is 9.52 Å². The molecule has 1 heterocycles. The molecule has 9 nitrogen and oxygen atoms in total. The zero-order valence-electron chi connectivity index (χ0n) is 21.1. The van der Waals surface area contributed by atoms with Crippen molar-refractivity contribution in [1.29, 1.82) is 0 Å². The molecule has 3 aromatic carbocycles. The number of carbonyl (C=O) groups is 2. The fourth-order valence-electron chi connectivity index (χ4n) is 3.73. The molecule has 11 heteroatoms. The highest BCUT2D eigenvalue weighted by atomic mass is 32.2. The number of esters is 1.